The molecule has 1 heterocycles. The van der Waals surface area contributed by atoms with Crippen LogP contribution in [-0.4, -0.2) is 47.5 Å². The smallest absolute Gasteiger partial charge is 0.307 e. The molecule has 2 aromatic carbocycles. The minimum absolute atomic E-state index is 0.0167. The average molecular weight is 492 g/mol. The molecule has 0 radical (unpaired) electrons. The number of carboxylic acids is 1. The summed E-state index contributed by atoms with van der Waals surface area (Å²) in [5.41, 5.74) is 4.22. The van der Waals surface area contributed by atoms with Crippen LogP contribution in [0.4, 0.5) is 0 Å². The molecule has 36 heavy (non-hydrogen) atoms. The van der Waals surface area contributed by atoms with E-state index in [0.29, 0.717) is 24.0 Å². The van der Waals surface area contributed by atoms with Crippen molar-refractivity contribution in [3.63, 3.8) is 0 Å². The third kappa shape index (κ3) is 6.18. The van der Waals surface area contributed by atoms with Crippen LogP contribution in [0.2, 0.25) is 0 Å². The van der Waals surface area contributed by atoms with Gasteiger partial charge in [0.1, 0.15) is 11.5 Å². The van der Waals surface area contributed by atoms with Crippen LogP contribution in [0.5, 0.6) is 5.75 Å². The largest absolute Gasteiger partial charge is 0.490 e. The number of carbonyl (C=O) groups excluding carboxylic acids is 1. The predicted molar refractivity (Wildman–Crippen MR) is 144 cm³/mol. The number of Topliss-reactive ketones (excluding diaryl/α,β-unsaturated/α-hetero) is 1. The monoisotopic (exact) mass is 491 g/mol. The lowest BCUT2D eigenvalue weighted by Gasteiger charge is -2.21. The SMILES string of the molecule is CC(C)c1ccccc1-c1cc(CC(=O)O)ccc1O[C@@H]1CC[C@@H](CC(=O)[C@@H]2CC(C)(C)CN2C)C1. The van der Waals surface area contributed by atoms with Gasteiger partial charge in [0.2, 0.25) is 0 Å². The molecule has 5 nitrogen and oxygen atoms in total. The second-order valence-electron chi connectivity index (χ2n) is 12.0. The van der Waals surface area contributed by atoms with Crippen LogP contribution in [-0.2, 0) is 16.0 Å². The van der Waals surface area contributed by atoms with Crippen molar-refractivity contribution < 1.29 is 19.4 Å². The van der Waals surface area contributed by atoms with E-state index in [1.807, 2.05) is 30.3 Å². The second kappa shape index (κ2) is 10.8. The molecule has 0 spiro atoms. The standard InChI is InChI=1S/C31H41NO4/c1-20(2)24-8-6-7-9-25(24)26-15-22(17-30(34)35)11-13-29(26)36-23-12-10-21(14-23)16-28(33)27-18-31(3,4)19-32(27)5/h6-9,11,13,15,20-21,23,27H,10,12,14,16-19H2,1-5H3,(H,34,35)/t21-,23-,27+/m1/s1. The van der Waals surface area contributed by atoms with Crippen LogP contribution in [0, 0.1) is 11.3 Å². The number of benzene rings is 2. The van der Waals surface area contributed by atoms with Gasteiger partial charge in [0, 0.05) is 18.5 Å². The first-order valence-corrected chi connectivity index (χ1v) is 13.4. The second-order valence-corrected chi connectivity index (χ2v) is 12.0. The first kappa shape index (κ1) is 26.4. The summed E-state index contributed by atoms with van der Waals surface area (Å²) in [6, 6.07) is 14.1. The van der Waals surface area contributed by atoms with Gasteiger partial charge < -0.3 is 9.84 Å². The summed E-state index contributed by atoms with van der Waals surface area (Å²) in [5.74, 6) is 1.02. The Labute approximate surface area is 215 Å². The molecule has 0 bridgehead atoms. The topological polar surface area (TPSA) is 66.8 Å². The summed E-state index contributed by atoms with van der Waals surface area (Å²) < 4.78 is 6.58. The van der Waals surface area contributed by atoms with E-state index in [-0.39, 0.29) is 24.0 Å². The van der Waals surface area contributed by atoms with Crippen molar-refractivity contribution in [2.24, 2.45) is 11.3 Å². The lowest BCUT2D eigenvalue weighted by atomic mass is 9.87. The van der Waals surface area contributed by atoms with Gasteiger partial charge >= 0.3 is 5.97 Å². The van der Waals surface area contributed by atoms with E-state index in [1.54, 1.807) is 0 Å². The molecule has 0 aromatic heterocycles. The number of carbonyl (C=O) groups is 2. The number of ketones is 1. The van der Waals surface area contributed by atoms with E-state index in [2.05, 4.69) is 51.8 Å². The molecule has 0 amide bonds. The Hall–Kier alpha value is -2.66. The van der Waals surface area contributed by atoms with Crippen LogP contribution >= 0.6 is 0 Å². The maximum Gasteiger partial charge on any atom is 0.307 e. The average Bonchev–Trinajstić information content (AvgIpc) is 3.36. The normalized spacial score (nSPS) is 23.8. The minimum Gasteiger partial charge on any atom is -0.490 e. The number of aliphatic carboxylic acids is 1. The van der Waals surface area contributed by atoms with E-state index in [1.165, 1.54) is 5.56 Å². The van der Waals surface area contributed by atoms with Gasteiger partial charge in [0.15, 0.2) is 0 Å². The van der Waals surface area contributed by atoms with E-state index < -0.39 is 5.97 Å². The molecule has 4 rings (SSSR count). The highest BCUT2D eigenvalue weighted by molar-refractivity contribution is 5.84. The van der Waals surface area contributed by atoms with Crippen molar-refractivity contribution in [1.82, 2.24) is 4.90 Å². The van der Waals surface area contributed by atoms with Gasteiger partial charge in [-0.15, -0.1) is 0 Å². The van der Waals surface area contributed by atoms with Crippen LogP contribution in [0.1, 0.15) is 76.8 Å². The molecule has 1 saturated carbocycles. The molecule has 2 aromatic rings. The number of ether oxygens (including phenoxy) is 1. The molecule has 1 N–H and O–H groups in total. The quantitative estimate of drug-likeness (QED) is 0.443. The number of carboxylic acid groups (broad SMARTS) is 1. The molecule has 194 valence electrons. The van der Waals surface area contributed by atoms with Crippen molar-refractivity contribution in [2.75, 3.05) is 13.6 Å². The zero-order valence-electron chi connectivity index (χ0n) is 22.4. The third-order valence-corrected chi connectivity index (χ3v) is 7.88. The van der Waals surface area contributed by atoms with Gasteiger partial charge in [-0.25, -0.2) is 0 Å². The fourth-order valence-corrected chi connectivity index (χ4v) is 6.23. The minimum atomic E-state index is -0.841. The maximum atomic E-state index is 13.1. The van der Waals surface area contributed by atoms with Crippen molar-refractivity contribution in [1.29, 1.82) is 0 Å². The molecule has 1 saturated heterocycles. The Kier molecular flexibility index (Phi) is 7.89. The molecule has 0 unspecified atom stereocenters. The number of nitrogens with zero attached hydrogens (tertiary/aromatic N) is 1. The van der Waals surface area contributed by atoms with Crippen LogP contribution < -0.4 is 4.74 Å². The molecule has 2 fully saturated rings. The molecule has 1 aliphatic carbocycles. The first-order chi connectivity index (χ1) is 17.0. The third-order valence-electron chi connectivity index (χ3n) is 7.88. The zero-order valence-corrected chi connectivity index (χ0v) is 22.4. The highest BCUT2D eigenvalue weighted by Crippen LogP contribution is 2.40. The van der Waals surface area contributed by atoms with Crippen molar-refractivity contribution in [3.05, 3.63) is 53.6 Å². The lowest BCUT2D eigenvalue weighted by Crippen LogP contribution is -2.33. The first-order valence-electron chi connectivity index (χ1n) is 13.4. The summed E-state index contributed by atoms with van der Waals surface area (Å²) in [6.45, 7) is 9.79. The van der Waals surface area contributed by atoms with Crippen LogP contribution in [0.15, 0.2) is 42.5 Å². The fraction of sp³-hybridized carbons (Fsp3) is 0.548. The molecule has 5 heteroatoms. The molecule has 1 aliphatic heterocycles. The maximum absolute atomic E-state index is 13.1. The van der Waals surface area contributed by atoms with Crippen molar-refractivity contribution in [2.45, 2.75) is 84.3 Å². The van der Waals surface area contributed by atoms with Gasteiger partial charge in [0.05, 0.1) is 18.6 Å². The van der Waals surface area contributed by atoms with Crippen molar-refractivity contribution >= 4 is 11.8 Å². The number of hydrogen-bond acceptors (Lipinski definition) is 4. The zero-order chi connectivity index (χ0) is 26.0. The highest BCUT2D eigenvalue weighted by Gasteiger charge is 2.40. The summed E-state index contributed by atoms with van der Waals surface area (Å²) in [7, 11) is 2.07. The Morgan fingerprint density at radius 3 is 2.53 bits per heavy atom. The Bertz CT molecular complexity index is 1110. The van der Waals surface area contributed by atoms with E-state index in [4.69, 9.17) is 4.74 Å². The van der Waals surface area contributed by atoms with Crippen LogP contribution in [0.3, 0.4) is 0 Å². The molecule has 3 atom stereocenters. The van der Waals surface area contributed by atoms with Crippen molar-refractivity contribution in [3.8, 4) is 16.9 Å². The fourth-order valence-electron chi connectivity index (χ4n) is 6.23. The van der Waals surface area contributed by atoms with Crippen LogP contribution in [0.25, 0.3) is 11.1 Å². The van der Waals surface area contributed by atoms with Gasteiger partial charge in [-0.3, -0.25) is 14.5 Å². The Balaban J connectivity index is 1.49. The van der Waals surface area contributed by atoms with E-state index in [0.717, 1.165) is 54.7 Å². The Morgan fingerprint density at radius 1 is 1.11 bits per heavy atom. The number of likely N-dealkylation sites (tertiary alicyclic amines) is 1. The number of hydrogen-bond donors (Lipinski definition) is 1. The number of rotatable bonds is 9. The lowest BCUT2D eigenvalue weighted by molar-refractivity contribution is -0.136. The van der Waals surface area contributed by atoms with Gasteiger partial charge in [-0.1, -0.05) is 58.0 Å². The number of likely N-dealkylation sites (N-methyl/N-ethyl adjacent to an activating group) is 1. The summed E-state index contributed by atoms with van der Waals surface area (Å²) in [4.78, 5) is 26.7. The molecular weight excluding hydrogens is 450 g/mol. The van der Waals surface area contributed by atoms with Gasteiger partial charge in [0.25, 0.3) is 0 Å². The van der Waals surface area contributed by atoms with E-state index >= 15 is 0 Å². The Morgan fingerprint density at radius 2 is 1.86 bits per heavy atom. The summed E-state index contributed by atoms with van der Waals surface area (Å²) in [5, 5.41) is 9.33. The highest BCUT2D eigenvalue weighted by atomic mass is 16.5. The van der Waals surface area contributed by atoms with Gasteiger partial charge in [-0.2, -0.15) is 0 Å². The summed E-state index contributed by atoms with van der Waals surface area (Å²) >= 11 is 0. The summed E-state index contributed by atoms with van der Waals surface area (Å²) in [6.07, 6.45) is 4.44. The van der Waals surface area contributed by atoms with Gasteiger partial charge in [-0.05, 0) is 78.8 Å². The predicted octanol–water partition coefficient (Wildman–Crippen LogP) is 6.34. The molecule has 2 aliphatic rings. The van der Waals surface area contributed by atoms with E-state index in [9.17, 15) is 14.7 Å². The molecular formula is C31H41NO4.